The molecule has 1 aliphatic heterocycles. The van der Waals surface area contributed by atoms with Crippen LogP contribution in [0.4, 0.5) is 0 Å². The molecular formula is C11H12N2O3. The average molecular weight is 220 g/mol. The van der Waals surface area contributed by atoms with E-state index in [1.54, 1.807) is 43.7 Å². The minimum absolute atomic E-state index is 0.612. The minimum atomic E-state index is -1.23. The van der Waals surface area contributed by atoms with Crippen LogP contribution < -0.4 is 15.6 Å². The maximum absolute atomic E-state index is 11.3. The molecule has 84 valence electrons. The monoisotopic (exact) mass is 220 g/mol. The first-order chi connectivity index (χ1) is 7.69. The van der Waals surface area contributed by atoms with Crippen LogP contribution in [0.3, 0.4) is 0 Å². The number of hydrogen-bond acceptors (Lipinski definition) is 4. The molecule has 16 heavy (non-hydrogen) atoms. The molecule has 2 rings (SSSR count). The van der Waals surface area contributed by atoms with Gasteiger partial charge in [0.2, 0.25) is 0 Å². The van der Waals surface area contributed by atoms with Crippen molar-refractivity contribution < 1.29 is 14.6 Å². The van der Waals surface area contributed by atoms with Crippen molar-refractivity contribution in [3.63, 3.8) is 0 Å². The predicted octanol–water partition coefficient (Wildman–Crippen LogP) is 0.597. The summed E-state index contributed by atoms with van der Waals surface area (Å²) in [5.41, 5.74) is 4.78. The Kier molecular flexibility index (Phi) is 2.54. The SMILES string of the molecule is COc1cccc(C2(C(=O)O)C=CNN2)c1. The topological polar surface area (TPSA) is 70.6 Å². The molecule has 0 amide bonds. The molecular weight excluding hydrogens is 208 g/mol. The number of carbonyl (C=O) groups is 1. The van der Waals surface area contributed by atoms with Crippen molar-refractivity contribution in [2.75, 3.05) is 7.11 Å². The van der Waals surface area contributed by atoms with E-state index in [-0.39, 0.29) is 0 Å². The first kappa shape index (κ1) is 10.5. The van der Waals surface area contributed by atoms with E-state index in [4.69, 9.17) is 4.74 Å². The first-order valence-electron chi connectivity index (χ1n) is 4.77. The highest BCUT2D eigenvalue weighted by atomic mass is 16.5. The first-order valence-corrected chi connectivity index (χ1v) is 4.77. The summed E-state index contributed by atoms with van der Waals surface area (Å²) in [5, 5.41) is 9.29. The van der Waals surface area contributed by atoms with Gasteiger partial charge < -0.3 is 15.3 Å². The van der Waals surface area contributed by atoms with Crippen molar-refractivity contribution >= 4 is 5.97 Å². The van der Waals surface area contributed by atoms with Crippen molar-refractivity contribution in [2.24, 2.45) is 0 Å². The number of ether oxygens (including phenoxy) is 1. The lowest BCUT2D eigenvalue weighted by molar-refractivity contribution is -0.143. The number of methoxy groups -OCH3 is 1. The standard InChI is InChI=1S/C11H12N2O3/c1-16-9-4-2-3-8(7-9)11(10(14)15)5-6-12-13-11/h2-7,12-13H,1H3,(H,14,15). The molecule has 0 aliphatic carbocycles. The lowest BCUT2D eigenvalue weighted by Crippen LogP contribution is -2.48. The fourth-order valence-corrected chi connectivity index (χ4v) is 1.65. The molecule has 5 nitrogen and oxygen atoms in total. The van der Waals surface area contributed by atoms with Gasteiger partial charge in [0.05, 0.1) is 7.11 Å². The Morgan fingerprint density at radius 3 is 2.88 bits per heavy atom. The van der Waals surface area contributed by atoms with Gasteiger partial charge in [0.15, 0.2) is 5.54 Å². The molecule has 0 radical (unpaired) electrons. The molecule has 0 aromatic heterocycles. The smallest absolute Gasteiger partial charge is 0.334 e. The van der Waals surface area contributed by atoms with Gasteiger partial charge in [-0.2, -0.15) is 0 Å². The zero-order chi connectivity index (χ0) is 11.6. The maximum atomic E-state index is 11.3. The molecule has 3 N–H and O–H groups in total. The third-order valence-electron chi connectivity index (χ3n) is 2.55. The zero-order valence-electron chi connectivity index (χ0n) is 8.73. The van der Waals surface area contributed by atoms with Crippen molar-refractivity contribution in [1.82, 2.24) is 10.9 Å². The molecule has 1 unspecified atom stereocenters. The second-order valence-corrected chi connectivity index (χ2v) is 3.45. The molecule has 1 aromatic carbocycles. The van der Waals surface area contributed by atoms with Crippen molar-refractivity contribution in [3.05, 3.63) is 42.1 Å². The second-order valence-electron chi connectivity index (χ2n) is 3.45. The van der Waals surface area contributed by atoms with Crippen LogP contribution in [0.2, 0.25) is 0 Å². The lowest BCUT2D eigenvalue weighted by atomic mass is 9.91. The summed E-state index contributed by atoms with van der Waals surface area (Å²) >= 11 is 0. The Bertz CT molecular complexity index is 445. The molecule has 0 spiro atoms. The second kappa shape index (κ2) is 3.86. The number of carboxylic acids is 1. The molecule has 0 saturated carbocycles. The Labute approximate surface area is 92.7 Å². The minimum Gasteiger partial charge on any atom is -0.497 e. The van der Waals surface area contributed by atoms with Gasteiger partial charge in [0, 0.05) is 6.20 Å². The summed E-state index contributed by atoms with van der Waals surface area (Å²) in [7, 11) is 1.54. The number of nitrogens with one attached hydrogen (secondary N) is 2. The Balaban J connectivity index is 2.47. The number of hydrazine groups is 1. The van der Waals surface area contributed by atoms with E-state index in [9.17, 15) is 9.90 Å². The normalized spacial score (nSPS) is 22.8. The molecule has 5 heteroatoms. The van der Waals surface area contributed by atoms with E-state index in [0.717, 1.165) is 0 Å². The van der Waals surface area contributed by atoms with E-state index in [0.29, 0.717) is 11.3 Å². The van der Waals surface area contributed by atoms with Gasteiger partial charge in [-0.3, -0.25) is 0 Å². The van der Waals surface area contributed by atoms with Crippen molar-refractivity contribution in [2.45, 2.75) is 5.54 Å². The third-order valence-corrected chi connectivity index (χ3v) is 2.55. The van der Waals surface area contributed by atoms with Crippen LogP contribution in [0.1, 0.15) is 5.56 Å². The van der Waals surface area contributed by atoms with Crippen LogP contribution in [-0.4, -0.2) is 18.2 Å². The van der Waals surface area contributed by atoms with Crippen molar-refractivity contribution in [1.29, 1.82) is 0 Å². The highest BCUT2D eigenvalue weighted by Gasteiger charge is 2.40. The van der Waals surface area contributed by atoms with E-state index in [2.05, 4.69) is 10.9 Å². The Morgan fingerprint density at radius 1 is 1.50 bits per heavy atom. The van der Waals surface area contributed by atoms with E-state index >= 15 is 0 Å². The predicted molar refractivity (Wildman–Crippen MR) is 57.7 cm³/mol. The van der Waals surface area contributed by atoms with Crippen molar-refractivity contribution in [3.8, 4) is 5.75 Å². The van der Waals surface area contributed by atoms with Gasteiger partial charge in [0.1, 0.15) is 5.75 Å². The van der Waals surface area contributed by atoms with Crippen LogP contribution in [0.25, 0.3) is 0 Å². The van der Waals surface area contributed by atoms with Gasteiger partial charge in [-0.1, -0.05) is 12.1 Å². The summed E-state index contributed by atoms with van der Waals surface area (Å²) in [6.45, 7) is 0. The molecule has 1 aliphatic rings. The summed E-state index contributed by atoms with van der Waals surface area (Å²) in [6, 6.07) is 6.96. The number of aliphatic carboxylic acids is 1. The number of carboxylic acid groups (broad SMARTS) is 1. The van der Waals surface area contributed by atoms with E-state index in [1.165, 1.54) is 0 Å². The molecule has 0 fully saturated rings. The van der Waals surface area contributed by atoms with Gasteiger partial charge in [0.25, 0.3) is 0 Å². The Hall–Kier alpha value is -2.01. The summed E-state index contributed by atoms with van der Waals surface area (Å²) < 4.78 is 5.07. The van der Waals surface area contributed by atoms with E-state index < -0.39 is 11.5 Å². The highest BCUT2D eigenvalue weighted by molar-refractivity contribution is 5.84. The van der Waals surface area contributed by atoms with Crippen LogP contribution in [0, 0.1) is 0 Å². The van der Waals surface area contributed by atoms with Gasteiger partial charge >= 0.3 is 5.97 Å². The van der Waals surface area contributed by atoms with E-state index in [1.807, 2.05) is 0 Å². The molecule has 1 atom stereocenters. The summed E-state index contributed by atoms with van der Waals surface area (Å²) in [5.74, 6) is -0.345. The summed E-state index contributed by atoms with van der Waals surface area (Å²) in [6.07, 6.45) is 3.12. The van der Waals surface area contributed by atoms with Gasteiger partial charge in [-0.25, -0.2) is 10.2 Å². The molecule has 0 bridgehead atoms. The zero-order valence-corrected chi connectivity index (χ0v) is 8.73. The van der Waals surface area contributed by atoms with Gasteiger partial charge in [-0.15, -0.1) is 0 Å². The number of benzene rings is 1. The van der Waals surface area contributed by atoms with Crippen LogP contribution >= 0.6 is 0 Å². The maximum Gasteiger partial charge on any atom is 0.334 e. The molecule has 0 saturated heterocycles. The van der Waals surface area contributed by atoms with Crippen LogP contribution in [0.5, 0.6) is 5.75 Å². The molecule has 1 aromatic rings. The summed E-state index contributed by atoms with van der Waals surface area (Å²) in [4.78, 5) is 11.3. The van der Waals surface area contributed by atoms with Crippen LogP contribution in [-0.2, 0) is 10.3 Å². The van der Waals surface area contributed by atoms with Gasteiger partial charge in [-0.05, 0) is 23.8 Å². The van der Waals surface area contributed by atoms with Crippen LogP contribution in [0.15, 0.2) is 36.5 Å². The average Bonchev–Trinajstić information content (AvgIpc) is 2.79. The fraction of sp³-hybridized carbons (Fsp3) is 0.182. The third kappa shape index (κ3) is 1.51. The number of rotatable bonds is 3. The highest BCUT2D eigenvalue weighted by Crippen LogP contribution is 2.27. The fourth-order valence-electron chi connectivity index (χ4n) is 1.65. The quantitative estimate of drug-likeness (QED) is 0.695. The molecule has 1 heterocycles. The number of hydrogen-bond donors (Lipinski definition) is 3. The largest absolute Gasteiger partial charge is 0.497 e. The lowest BCUT2D eigenvalue weighted by Gasteiger charge is -2.23. The Morgan fingerprint density at radius 2 is 2.31 bits per heavy atom.